The lowest BCUT2D eigenvalue weighted by Gasteiger charge is -2.42. The molecular formula is C22H37N5O2. The van der Waals surface area contributed by atoms with Crippen LogP contribution in [-0.2, 0) is 9.59 Å². The van der Waals surface area contributed by atoms with E-state index >= 15 is 0 Å². The van der Waals surface area contributed by atoms with E-state index < -0.39 is 0 Å². The minimum absolute atomic E-state index is 0.0938. The molecule has 162 valence electrons. The van der Waals surface area contributed by atoms with Gasteiger partial charge in [-0.1, -0.05) is 27.7 Å². The Hall–Kier alpha value is -1.89. The van der Waals surface area contributed by atoms with Crippen molar-refractivity contribution in [2.24, 2.45) is 11.8 Å². The fourth-order valence-corrected chi connectivity index (χ4v) is 4.64. The Morgan fingerprint density at radius 3 is 2.48 bits per heavy atom. The van der Waals surface area contributed by atoms with Gasteiger partial charge in [-0.2, -0.15) is 0 Å². The molecule has 2 atom stereocenters. The molecule has 0 radical (unpaired) electrons. The van der Waals surface area contributed by atoms with Crippen LogP contribution in [0.1, 0.15) is 65.0 Å². The lowest BCUT2D eigenvalue weighted by molar-refractivity contribution is -0.150. The quantitative estimate of drug-likeness (QED) is 0.732. The Balaban J connectivity index is 1.68. The number of carbonyl (C=O) groups is 2. The Morgan fingerprint density at radius 1 is 1.17 bits per heavy atom. The normalized spacial score (nSPS) is 22.6. The van der Waals surface area contributed by atoms with Gasteiger partial charge in [0.2, 0.25) is 11.8 Å². The first-order valence-electron chi connectivity index (χ1n) is 11.2. The fourth-order valence-electron chi connectivity index (χ4n) is 4.64. The number of piperidine rings is 1. The van der Waals surface area contributed by atoms with Crippen LogP contribution in [0.15, 0.2) is 12.5 Å². The predicted molar refractivity (Wildman–Crippen MR) is 113 cm³/mol. The molecule has 7 heteroatoms. The molecule has 0 spiro atoms. The molecular weight excluding hydrogens is 366 g/mol. The van der Waals surface area contributed by atoms with E-state index in [2.05, 4.69) is 43.0 Å². The molecule has 2 saturated heterocycles. The molecule has 1 unspecified atom stereocenters. The average Bonchev–Trinajstić information content (AvgIpc) is 3.22. The number of piperazine rings is 1. The van der Waals surface area contributed by atoms with Crippen LogP contribution in [0.3, 0.4) is 0 Å². The van der Waals surface area contributed by atoms with Crippen LogP contribution in [-0.4, -0.2) is 69.8 Å². The molecule has 1 aromatic rings. The summed E-state index contributed by atoms with van der Waals surface area (Å²) in [5.41, 5.74) is 1.16. The van der Waals surface area contributed by atoms with Crippen molar-refractivity contribution in [3.8, 4) is 0 Å². The molecule has 2 aliphatic heterocycles. The van der Waals surface area contributed by atoms with Gasteiger partial charge in [-0.05, 0) is 37.5 Å². The number of nitrogens with one attached hydrogen (secondary N) is 2. The van der Waals surface area contributed by atoms with Crippen molar-refractivity contribution in [1.82, 2.24) is 25.1 Å². The zero-order valence-corrected chi connectivity index (χ0v) is 18.4. The summed E-state index contributed by atoms with van der Waals surface area (Å²) < 4.78 is 0. The van der Waals surface area contributed by atoms with Crippen molar-refractivity contribution in [3.05, 3.63) is 18.2 Å². The van der Waals surface area contributed by atoms with Crippen LogP contribution in [0.2, 0.25) is 0 Å². The Morgan fingerprint density at radius 2 is 1.90 bits per heavy atom. The highest BCUT2D eigenvalue weighted by Gasteiger charge is 2.39. The SMILES string of the molecule is CC(C)CC(C(=O)N1CCC(c2cnc[nH]2)CC1)N1CCN[C@@H](CC(C)C)C1=O. The minimum atomic E-state index is -0.344. The molecule has 0 bridgehead atoms. The molecule has 29 heavy (non-hydrogen) atoms. The number of aromatic nitrogens is 2. The minimum Gasteiger partial charge on any atom is -0.348 e. The van der Waals surface area contributed by atoms with Gasteiger partial charge in [-0.25, -0.2) is 4.98 Å². The fraction of sp³-hybridized carbons (Fsp3) is 0.773. The maximum absolute atomic E-state index is 13.5. The average molecular weight is 404 g/mol. The second-order valence-electron chi connectivity index (χ2n) is 9.42. The van der Waals surface area contributed by atoms with Crippen LogP contribution in [0.5, 0.6) is 0 Å². The summed E-state index contributed by atoms with van der Waals surface area (Å²) in [5.74, 6) is 1.45. The number of carbonyl (C=O) groups excluding carboxylic acids is 2. The summed E-state index contributed by atoms with van der Waals surface area (Å²) in [5, 5.41) is 3.35. The molecule has 0 aliphatic carbocycles. The van der Waals surface area contributed by atoms with Crippen molar-refractivity contribution in [2.45, 2.75) is 71.4 Å². The number of nitrogens with zero attached hydrogens (tertiary/aromatic N) is 3. The lowest BCUT2D eigenvalue weighted by atomic mass is 9.92. The first-order chi connectivity index (χ1) is 13.9. The largest absolute Gasteiger partial charge is 0.348 e. The van der Waals surface area contributed by atoms with Crippen molar-refractivity contribution >= 4 is 11.8 Å². The summed E-state index contributed by atoms with van der Waals surface area (Å²) >= 11 is 0. The third-order valence-electron chi connectivity index (χ3n) is 6.15. The van der Waals surface area contributed by atoms with Crippen LogP contribution in [0.25, 0.3) is 0 Å². The molecule has 2 N–H and O–H groups in total. The van der Waals surface area contributed by atoms with E-state index in [4.69, 9.17) is 0 Å². The van der Waals surface area contributed by atoms with Crippen LogP contribution >= 0.6 is 0 Å². The number of likely N-dealkylation sites (tertiary alicyclic amines) is 1. The van der Waals surface area contributed by atoms with Crippen molar-refractivity contribution in [3.63, 3.8) is 0 Å². The third-order valence-corrected chi connectivity index (χ3v) is 6.15. The van der Waals surface area contributed by atoms with E-state index in [1.165, 1.54) is 0 Å². The van der Waals surface area contributed by atoms with Crippen LogP contribution in [0.4, 0.5) is 0 Å². The molecule has 3 heterocycles. The highest BCUT2D eigenvalue weighted by atomic mass is 16.2. The smallest absolute Gasteiger partial charge is 0.245 e. The molecule has 2 amide bonds. The maximum Gasteiger partial charge on any atom is 0.245 e. The maximum atomic E-state index is 13.5. The molecule has 2 fully saturated rings. The van der Waals surface area contributed by atoms with Gasteiger partial charge in [0.1, 0.15) is 6.04 Å². The zero-order chi connectivity index (χ0) is 21.0. The van der Waals surface area contributed by atoms with Crippen LogP contribution in [0, 0.1) is 11.8 Å². The summed E-state index contributed by atoms with van der Waals surface area (Å²) in [4.78, 5) is 37.8. The predicted octanol–water partition coefficient (Wildman–Crippen LogP) is 2.38. The zero-order valence-electron chi connectivity index (χ0n) is 18.4. The number of imidazole rings is 1. The number of rotatable bonds is 7. The first-order valence-corrected chi connectivity index (χ1v) is 11.2. The second-order valence-corrected chi connectivity index (χ2v) is 9.42. The molecule has 2 aliphatic rings. The number of aromatic amines is 1. The van der Waals surface area contributed by atoms with Gasteiger partial charge in [0.25, 0.3) is 0 Å². The van der Waals surface area contributed by atoms with Gasteiger partial charge in [0.05, 0.1) is 12.4 Å². The number of amides is 2. The number of hydrogen-bond acceptors (Lipinski definition) is 4. The van der Waals surface area contributed by atoms with Crippen molar-refractivity contribution < 1.29 is 9.59 Å². The summed E-state index contributed by atoms with van der Waals surface area (Å²) in [6, 6.07) is -0.514. The lowest BCUT2D eigenvalue weighted by Crippen LogP contribution is -2.62. The Labute approximate surface area is 174 Å². The number of H-pyrrole nitrogens is 1. The number of hydrogen-bond donors (Lipinski definition) is 2. The third kappa shape index (κ3) is 5.38. The monoisotopic (exact) mass is 403 g/mol. The highest BCUT2D eigenvalue weighted by Crippen LogP contribution is 2.28. The van der Waals surface area contributed by atoms with E-state index in [0.29, 0.717) is 24.3 Å². The Kier molecular flexibility index (Phi) is 7.33. The molecule has 0 saturated carbocycles. The standard InChI is InChI=1S/C22H37N5O2/c1-15(2)11-18-21(28)27(10-7-24-18)20(12-16(3)4)22(29)26-8-5-17(6-9-26)19-13-23-14-25-19/h13-18,20,24H,5-12H2,1-4H3,(H,23,25)/t18-,20?/m0/s1. The summed E-state index contributed by atoms with van der Waals surface area (Å²) in [7, 11) is 0. The van der Waals surface area contributed by atoms with E-state index in [1.807, 2.05) is 16.0 Å². The van der Waals surface area contributed by atoms with E-state index in [0.717, 1.165) is 51.0 Å². The van der Waals surface area contributed by atoms with E-state index in [1.54, 1.807) is 6.33 Å². The summed E-state index contributed by atoms with van der Waals surface area (Å²) in [6.45, 7) is 11.4. The van der Waals surface area contributed by atoms with Gasteiger partial charge < -0.3 is 20.1 Å². The van der Waals surface area contributed by atoms with Gasteiger partial charge in [0.15, 0.2) is 0 Å². The van der Waals surface area contributed by atoms with E-state index in [9.17, 15) is 9.59 Å². The highest BCUT2D eigenvalue weighted by molar-refractivity contribution is 5.90. The van der Waals surface area contributed by atoms with Gasteiger partial charge in [-0.3, -0.25) is 9.59 Å². The van der Waals surface area contributed by atoms with Crippen LogP contribution < -0.4 is 5.32 Å². The molecule has 7 nitrogen and oxygen atoms in total. The molecule has 1 aromatic heterocycles. The molecule has 3 rings (SSSR count). The van der Waals surface area contributed by atoms with E-state index in [-0.39, 0.29) is 23.9 Å². The first kappa shape index (κ1) is 21.8. The second kappa shape index (κ2) is 9.74. The topological polar surface area (TPSA) is 81.3 Å². The van der Waals surface area contributed by atoms with Gasteiger partial charge in [0, 0.05) is 44.0 Å². The molecule has 0 aromatic carbocycles. The van der Waals surface area contributed by atoms with Crippen molar-refractivity contribution in [1.29, 1.82) is 0 Å². The Bertz CT molecular complexity index is 665. The summed E-state index contributed by atoms with van der Waals surface area (Å²) in [6.07, 6.45) is 7.02. The van der Waals surface area contributed by atoms with Gasteiger partial charge >= 0.3 is 0 Å². The van der Waals surface area contributed by atoms with Gasteiger partial charge in [-0.15, -0.1) is 0 Å². The van der Waals surface area contributed by atoms with Crippen molar-refractivity contribution in [2.75, 3.05) is 26.2 Å².